The zero-order valence-electron chi connectivity index (χ0n) is 21.7. The number of aromatic nitrogens is 2. The van der Waals surface area contributed by atoms with Gasteiger partial charge in [-0.3, -0.25) is 0 Å². The van der Waals surface area contributed by atoms with E-state index < -0.39 is 16.1 Å². The standard InChI is InChI=1S/C29H29N5O4S/c1-37-28-11-9-26(14-29(28)38-2)39(35,36)34-17-23-12-22(15-30)8-10-27(23)33(18-24-16-31-20-32-24)19-25(34)13-21-6-4-3-5-7-21/h3-12,14,16,20,25H,13,17-19H2,1-2H3,(H,31,32)/t25-/m1/s1. The molecule has 0 radical (unpaired) electrons. The Morgan fingerprint density at radius 2 is 1.85 bits per heavy atom. The molecule has 3 aromatic carbocycles. The largest absolute Gasteiger partial charge is 0.493 e. The fourth-order valence-corrected chi connectivity index (χ4v) is 6.61. The molecule has 0 spiro atoms. The summed E-state index contributed by atoms with van der Waals surface area (Å²) >= 11 is 0. The minimum absolute atomic E-state index is 0.109. The van der Waals surface area contributed by atoms with Gasteiger partial charge in [0.2, 0.25) is 10.0 Å². The molecule has 39 heavy (non-hydrogen) atoms. The van der Waals surface area contributed by atoms with E-state index in [-0.39, 0.29) is 11.4 Å². The first-order valence-electron chi connectivity index (χ1n) is 12.5. The van der Waals surface area contributed by atoms with Gasteiger partial charge in [0.05, 0.1) is 49.3 Å². The third-order valence-corrected chi connectivity index (χ3v) is 8.80. The zero-order valence-corrected chi connectivity index (χ0v) is 22.6. The average molecular weight is 544 g/mol. The van der Waals surface area contributed by atoms with Crippen LogP contribution in [0.4, 0.5) is 5.69 Å². The molecule has 1 N–H and O–H groups in total. The first kappa shape index (κ1) is 26.3. The Kier molecular flexibility index (Phi) is 7.54. The molecule has 1 aromatic heterocycles. The van der Waals surface area contributed by atoms with E-state index in [9.17, 15) is 13.7 Å². The normalized spacial score (nSPS) is 15.7. The minimum Gasteiger partial charge on any atom is -0.493 e. The van der Waals surface area contributed by atoms with Crippen molar-refractivity contribution in [2.24, 2.45) is 0 Å². The van der Waals surface area contributed by atoms with Gasteiger partial charge in [-0.2, -0.15) is 9.57 Å². The van der Waals surface area contributed by atoms with Crippen molar-refractivity contribution in [1.29, 1.82) is 5.26 Å². The number of anilines is 1. The highest BCUT2D eigenvalue weighted by Gasteiger charge is 2.37. The lowest BCUT2D eigenvalue weighted by Crippen LogP contribution is -2.45. The van der Waals surface area contributed by atoms with Gasteiger partial charge < -0.3 is 19.4 Å². The number of rotatable bonds is 8. The van der Waals surface area contributed by atoms with Crippen molar-refractivity contribution in [2.45, 2.75) is 30.4 Å². The van der Waals surface area contributed by atoms with E-state index in [0.717, 1.165) is 22.5 Å². The number of sulfonamides is 1. The van der Waals surface area contributed by atoms with E-state index in [2.05, 4.69) is 20.9 Å². The Bertz CT molecular complexity index is 1580. The van der Waals surface area contributed by atoms with Gasteiger partial charge in [0, 0.05) is 37.1 Å². The average Bonchev–Trinajstić information content (AvgIpc) is 3.42. The summed E-state index contributed by atoms with van der Waals surface area (Å²) in [5.41, 5.74) is 4.04. The van der Waals surface area contributed by atoms with Gasteiger partial charge in [-0.25, -0.2) is 13.4 Å². The summed E-state index contributed by atoms with van der Waals surface area (Å²) in [7, 11) is -1.01. The number of fused-ring (bicyclic) bond motifs is 1. The SMILES string of the molecule is COc1ccc(S(=O)(=O)N2Cc3cc(C#N)ccc3N(Cc3cnc[nH]3)C[C@H]2Cc2ccccc2)cc1OC. The molecule has 0 fully saturated rings. The summed E-state index contributed by atoms with van der Waals surface area (Å²) < 4.78 is 40.9. The first-order chi connectivity index (χ1) is 18.9. The lowest BCUT2D eigenvalue weighted by atomic mass is 10.1. The number of imidazole rings is 1. The second-order valence-corrected chi connectivity index (χ2v) is 11.2. The van der Waals surface area contributed by atoms with Gasteiger partial charge in [-0.15, -0.1) is 0 Å². The molecule has 0 unspecified atom stereocenters. The predicted molar refractivity (Wildman–Crippen MR) is 147 cm³/mol. The van der Waals surface area contributed by atoms with Gasteiger partial charge in [0.1, 0.15) is 0 Å². The van der Waals surface area contributed by atoms with Crippen molar-refractivity contribution in [1.82, 2.24) is 14.3 Å². The van der Waals surface area contributed by atoms with Crippen LogP contribution in [-0.4, -0.2) is 49.5 Å². The molecular weight excluding hydrogens is 514 g/mol. The lowest BCUT2D eigenvalue weighted by Gasteiger charge is -2.32. The molecule has 10 heteroatoms. The third-order valence-electron chi connectivity index (χ3n) is 6.91. The lowest BCUT2D eigenvalue weighted by molar-refractivity contribution is 0.317. The summed E-state index contributed by atoms with van der Waals surface area (Å²) in [6.45, 7) is 1.05. The van der Waals surface area contributed by atoms with E-state index in [1.165, 1.54) is 26.4 Å². The number of nitrogens with one attached hydrogen (secondary N) is 1. The molecule has 0 amide bonds. The second kappa shape index (κ2) is 11.2. The van der Waals surface area contributed by atoms with Gasteiger partial charge in [-0.05, 0) is 47.9 Å². The summed E-state index contributed by atoms with van der Waals surface area (Å²) in [5, 5.41) is 9.61. The van der Waals surface area contributed by atoms with E-state index >= 15 is 0 Å². The molecule has 1 aliphatic heterocycles. The molecule has 0 saturated carbocycles. The predicted octanol–water partition coefficient (Wildman–Crippen LogP) is 4.12. The molecule has 1 aliphatic rings. The highest BCUT2D eigenvalue weighted by Crippen LogP contribution is 2.36. The number of benzene rings is 3. The molecule has 200 valence electrons. The third kappa shape index (κ3) is 5.46. The van der Waals surface area contributed by atoms with Crippen LogP contribution >= 0.6 is 0 Å². The van der Waals surface area contributed by atoms with Crippen LogP contribution < -0.4 is 14.4 Å². The van der Waals surface area contributed by atoms with Crippen molar-refractivity contribution in [3.05, 3.63) is 102 Å². The van der Waals surface area contributed by atoms with Crippen LogP contribution in [0.2, 0.25) is 0 Å². The molecule has 5 rings (SSSR count). The highest BCUT2D eigenvalue weighted by molar-refractivity contribution is 7.89. The van der Waals surface area contributed by atoms with Crippen LogP contribution in [-0.2, 0) is 29.5 Å². The smallest absolute Gasteiger partial charge is 0.243 e. The number of nitrogens with zero attached hydrogens (tertiary/aromatic N) is 4. The Labute approximate surface area is 228 Å². The number of hydrogen-bond donors (Lipinski definition) is 1. The van der Waals surface area contributed by atoms with Crippen molar-refractivity contribution in [3.63, 3.8) is 0 Å². The first-order valence-corrected chi connectivity index (χ1v) is 13.9. The van der Waals surface area contributed by atoms with E-state index in [4.69, 9.17) is 9.47 Å². The van der Waals surface area contributed by atoms with Crippen LogP contribution in [0, 0.1) is 11.3 Å². The molecule has 0 aliphatic carbocycles. The maximum atomic E-state index is 14.3. The number of nitriles is 1. The molecule has 0 saturated heterocycles. The molecule has 4 aromatic rings. The number of hydrogen-bond acceptors (Lipinski definition) is 7. The number of methoxy groups -OCH3 is 2. The van der Waals surface area contributed by atoms with Crippen LogP contribution in [0.25, 0.3) is 0 Å². The maximum Gasteiger partial charge on any atom is 0.243 e. The van der Waals surface area contributed by atoms with Crippen LogP contribution in [0.3, 0.4) is 0 Å². The molecular formula is C29H29N5O4S. The molecule has 1 atom stereocenters. The van der Waals surface area contributed by atoms with Crippen molar-refractivity contribution in [3.8, 4) is 17.6 Å². The van der Waals surface area contributed by atoms with Gasteiger partial charge in [-0.1, -0.05) is 30.3 Å². The maximum absolute atomic E-state index is 14.3. The summed E-state index contributed by atoms with van der Waals surface area (Å²) in [6, 6.07) is 21.7. The Hall–Kier alpha value is -4.33. The van der Waals surface area contributed by atoms with Crippen LogP contribution in [0.5, 0.6) is 11.5 Å². The van der Waals surface area contributed by atoms with Gasteiger partial charge in [0.15, 0.2) is 11.5 Å². The Morgan fingerprint density at radius 3 is 2.54 bits per heavy atom. The zero-order chi connectivity index (χ0) is 27.4. The van der Waals surface area contributed by atoms with Gasteiger partial charge in [0.25, 0.3) is 0 Å². The number of aromatic amines is 1. The topological polar surface area (TPSA) is 112 Å². The summed E-state index contributed by atoms with van der Waals surface area (Å²) in [5.74, 6) is 0.781. The molecule has 0 bridgehead atoms. The van der Waals surface area contributed by atoms with Gasteiger partial charge >= 0.3 is 0 Å². The summed E-state index contributed by atoms with van der Waals surface area (Å²) in [4.78, 5) is 9.57. The van der Waals surface area contributed by atoms with E-state index in [1.54, 1.807) is 35.0 Å². The van der Waals surface area contributed by atoms with Crippen LogP contribution in [0.15, 0.2) is 84.1 Å². The van der Waals surface area contributed by atoms with E-state index in [0.29, 0.717) is 36.6 Å². The number of ether oxygens (including phenoxy) is 2. The van der Waals surface area contributed by atoms with Crippen molar-refractivity contribution in [2.75, 3.05) is 25.7 Å². The highest BCUT2D eigenvalue weighted by atomic mass is 32.2. The Morgan fingerprint density at radius 1 is 1.05 bits per heavy atom. The van der Waals surface area contributed by atoms with E-state index in [1.807, 2.05) is 36.4 Å². The van der Waals surface area contributed by atoms with Crippen molar-refractivity contribution >= 4 is 15.7 Å². The Balaban J connectivity index is 1.63. The second-order valence-electron chi connectivity index (χ2n) is 9.32. The van der Waals surface area contributed by atoms with Crippen molar-refractivity contribution < 1.29 is 17.9 Å². The molecule has 9 nitrogen and oxygen atoms in total. The number of H-pyrrole nitrogens is 1. The van der Waals surface area contributed by atoms with Crippen LogP contribution in [0.1, 0.15) is 22.4 Å². The monoisotopic (exact) mass is 543 g/mol. The quantitative estimate of drug-likeness (QED) is 0.356. The summed E-state index contributed by atoms with van der Waals surface area (Å²) in [6.07, 6.45) is 3.90. The fraction of sp³-hybridized carbons (Fsp3) is 0.241. The minimum atomic E-state index is -3.99. The fourth-order valence-electron chi connectivity index (χ4n) is 5.00. The molecule has 2 heterocycles.